The first-order chi connectivity index (χ1) is 18.8. The van der Waals surface area contributed by atoms with Gasteiger partial charge >= 0.3 is 5.97 Å². The normalized spacial score (nSPS) is 18.1. The van der Waals surface area contributed by atoms with Gasteiger partial charge < -0.3 is 25.6 Å². The Morgan fingerprint density at radius 2 is 1.77 bits per heavy atom. The highest BCUT2D eigenvalue weighted by Crippen LogP contribution is 2.39. The Morgan fingerprint density at radius 1 is 1.03 bits per heavy atom. The van der Waals surface area contributed by atoms with Crippen LogP contribution < -0.4 is 16.0 Å². The molecule has 0 aromatic heterocycles. The molecule has 8 nitrogen and oxygen atoms in total. The van der Waals surface area contributed by atoms with E-state index in [0.29, 0.717) is 39.2 Å². The predicted molar refractivity (Wildman–Crippen MR) is 152 cm³/mol. The minimum absolute atomic E-state index is 0.0931. The number of nitrogens with one attached hydrogen (secondary N) is 3. The number of fused-ring (bicyclic) bond motifs is 1. The summed E-state index contributed by atoms with van der Waals surface area (Å²) in [5.41, 5.74) is 5.60. The number of esters is 1. The van der Waals surface area contributed by atoms with E-state index >= 15 is 0 Å². The van der Waals surface area contributed by atoms with Gasteiger partial charge in [0.2, 0.25) is 0 Å². The van der Waals surface area contributed by atoms with Crippen LogP contribution in [0.1, 0.15) is 50.2 Å². The van der Waals surface area contributed by atoms with Gasteiger partial charge in [-0.05, 0) is 80.9 Å². The Balaban J connectivity index is 1.46. The molecule has 8 heteroatoms. The minimum Gasteiger partial charge on any atom is -0.465 e. The first-order valence-electron chi connectivity index (χ1n) is 13.0. The van der Waals surface area contributed by atoms with Crippen LogP contribution in [0.4, 0.5) is 11.4 Å². The number of hydrogen-bond acceptors (Lipinski definition) is 6. The van der Waals surface area contributed by atoms with Gasteiger partial charge in [-0.2, -0.15) is 0 Å². The van der Waals surface area contributed by atoms with Gasteiger partial charge in [-0.15, -0.1) is 0 Å². The van der Waals surface area contributed by atoms with E-state index in [4.69, 9.17) is 4.74 Å². The molecule has 3 aromatic carbocycles. The quantitative estimate of drug-likeness (QED) is 0.324. The lowest BCUT2D eigenvalue weighted by molar-refractivity contribution is -0.110. The molecule has 200 valence electrons. The number of likely N-dealkylation sites (N-methyl/N-ethyl adjacent to an activating group) is 1. The molecule has 39 heavy (non-hydrogen) atoms. The van der Waals surface area contributed by atoms with Crippen LogP contribution in [0.2, 0.25) is 0 Å². The highest BCUT2D eigenvalue weighted by atomic mass is 16.5. The van der Waals surface area contributed by atoms with Gasteiger partial charge in [-0.25, -0.2) is 4.79 Å². The Kier molecular flexibility index (Phi) is 7.47. The molecular formula is C31H32N4O4. The number of hydrogen-bond donors (Lipinski definition) is 3. The second-order valence-corrected chi connectivity index (χ2v) is 10.1. The molecule has 2 aliphatic rings. The van der Waals surface area contributed by atoms with Crippen LogP contribution in [0.15, 0.2) is 66.7 Å². The molecule has 0 spiro atoms. The van der Waals surface area contributed by atoms with Crippen molar-refractivity contribution in [3.8, 4) is 0 Å². The number of anilines is 2. The number of carbonyl (C=O) groups excluding carboxylic acids is 3. The van der Waals surface area contributed by atoms with E-state index in [2.05, 4.69) is 27.9 Å². The summed E-state index contributed by atoms with van der Waals surface area (Å²) in [5, 5.41) is 9.45. The van der Waals surface area contributed by atoms with E-state index in [1.807, 2.05) is 55.5 Å². The van der Waals surface area contributed by atoms with Crippen LogP contribution in [0, 0.1) is 6.92 Å². The van der Waals surface area contributed by atoms with E-state index in [9.17, 15) is 14.4 Å². The highest BCUT2D eigenvalue weighted by Gasteiger charge is 2.30. The number of amides is 2. The summed E-state index contributed by atoms with van der Waals surface area (Å²) in [7, 11) is 3.40. The fraction of sp³-hybridized carbons (Fsp3) is 0.258. The van der Waals surface area contributed by atoms with Crippen molar-refractivity contribution in [2.24, 2.45) is 0 Å². The number of rotatable bonds is 6. The Hall–Kier alpha value is -4.43. The molecule has 0 saturated carbocycles. The number of ether oxygens (including phenoxy) is 1. The van der Waals surface area contributed by atoms with E-state index in [1.165, 1.54) is 7.11 Å². The first kappa shape index (κ1) is 26.2. The summed E-state index contributed by atoms with van der Waals surface area (Å²) < 4.78 is 4.89. The minimum atomic E-state index is -0.456. The monoisotopic (exact) mass is 524 g/mol. The summed E-state index contributed by atoms with van der Waals surface area (Å²) in [6.45, 7) is 3.72. The average Bonchev–Trinajstić information content (AvgIpc) is 3.25. The molecule has 3 aromatic rings. The molecular weight excluding hydrogens is 492 g/mol. The lowest BCUT2D eigenvalue weighted by atomic mass is 9.96. The van der Waals surface area contributed by atoms with Crippen LogP contribution in [0.25, 0.3) is 11.3 Å². The Bertz CT molecular complexity index is 1450. The fourth-order valence-electron chi connectivity index (χ4n) is 5.19. The predicted octanol–water partition coefficient (Wildman–Crippen LogP) is 4.54. The summed E-state index contributed by atoms with van der Waals surface area (Å²) in [4.78, 5) is 40.6. The molecule has 0 bridgehead atoms. The Labute approximate surface area is 228 Å². The van der Waals surface area contributed by atoms with E-state index in [0.717, 1.165) is 37.2 Å². The number of likely N-dealkylation sites (tertiary alicyclic amines) is 1. The zero-order valence-corrected chi connectivity index (χ0v) is 22.3. The molecule has 0 aliphatic carbocycles. The van der Waals surface area contributed by atoms with Gasteiger partial charge in [-0.3, -0.25) is 9.59 Å². The van der Waals surface area contributed by atoms with Gasteiger partial charge in [0.25, 0.3) is 11.8 Å². The molecule has 0 unspecified atom stereocenters. The molecule has 1 saturated heterocycles. The molecule has 2 aliphatic heterocycles. The lowest BCUT2D eigenvalue weighted by Gasteiger charge is -2.30. The zero-order chi connectivity index (χ0) is 27.5. The maximum atomic E-state index is 13.3. The SMILES string of the molecule is COC(=O)c1cc2c(cc1C)/C(=C(/Nc1ccc(C(=O)N[C@H]3CCCN(C)C3)cc1)c1ccccc1)C(=O)N2. The van der Waals surface area contributed by atoms with Crippen LogP contribution in [-0.2, 0) is 9.53 Å². The smallest absolute Gasteiger partial charge is 0.338 e. The van der Waals surface area contributed by atoms with Crippen LogP contribution in [0.3, 0.4) is 0 Å². The number of aryl methyl sites for hydroxylation is 1. The Morgan fingerprint density at radius 3 is 2.46 bits per heavy atom. The van der Waals surface area contributed by atoms with Crippen LogP contribution in [-0.4, -0.2) is 56.0 Å². The maximum absolute atomic E-state index is 13.3. The van der Waals surface area contributed by atoms with Crippen LogP contribution >= 0.6 is 0 Å². The van der Waals surface area contributed by atoms with Gasteiger partial charge in [0.15, 0.2) is 0 Å². The van der Waals surface area contributed by atoms with E-state index in [1.54, 1.807) is 18.2 Å². The van der Waals surface area contributed by atoms with E-state index < -0.39 is 5.97 Å². The van der Waals surface area contributed by atoms with Crippen molar-refractivity contribution in [2.75, 3.05) is 37.9 Å². The second-order valence-electron chi connectivity index (χ2n) is 10.1. The molecule has 5 rings (SSSR count). The highest BCUT2D eigenvalue weighted by molar-refractivity contribution is 6.37. The van der Waals surface area contributed by atoms with Gasteiger partial charge in [0, 0.05) is 29.4 Å². The number of piperidine rings is 1. The number of carbonyl (C=O) groups is 3. The van der Waals surface area contributed by atoms with Crippen LogP contribution in [0.5, 0.6) is 0 Å². The fourth-order valence-corrected chi connectivity index (χ4v) is 5.19. The number of nitrogens with zero attached hydrogens (tertiary/aromatic N) is 1. The molecule has 2 amide bonds. The summed E-state index contributed by atoms with van der Waals surface area (Å²) in [5.74, 6) is -0.821. The third kappa shape index (κ3) is 5.56. The summed E-state index contributed by atoms with van der Waals surface area (Å²) in [6, 6.07) is 20.5. The maximum Gasteiger partial charge on any atom is 0.338 e. The third-order valence-corrected chi connectivity index (χ3v) is 7.20. The lowest BCUT2D eigenvalue weighted by Crippen LogP contribution is -2.46. The summed E-state index contributed by atoms with van der Waals surface area (Å²) >= 11 is 0. The average molecular weight is 525 g/mol. The van der Waals surface area contributed by atoms with Crippen molar-refractivity contribution < 1.29 is 19.1 Å². The molecule has 1 fully saturated rings. The largest absolute Gasteiger partial charge is 0.465 e. The van der Waals surface area contributed by atoms with Gasteiger partial charge in [0.05, 0.1) is 29.6 Å². The number of benzene rings is 3. The molecule has 2 heterocycles. The second kappa shape index (κ2) is 11.1. The first-order valence-corrected chi connectivity index (χ1v) is 13.0. The van der Waals surface area contributed by atoms with Crippen molar-refractivity contribution >= 4 is 40.4 Å². The third-order valence-electron chi connectivity index (χ3n) is 7.20. The molecule has 3 N–H and O–H groups in total. The molecule has 1 atom stereocenters. The van der Waals surface area contributed by atoms with Crippen molar-refractivity contribution in [2.45, 2.75) is 25.8 Å². The standard InChI is InChI=1S/C31H32N4O4/c1-19-16-25-26(17-24(19)31(38)39-3)34-30(37)27(25)28(20-8-5-4-6-9-20)32-22-13-11-21(12-14-22)29(36)33-23-10-7-15-35(2)18-23/h4-6,8-9,11-14,16-17,23,32H,7,10,15,18H2,1-3H3,(H,33,36)(H,34,37)/b28-27-/t23-/m0/s1. The van der Waals surface area contributed by atoms with Gasteiger partial charge in [0.1, 0.15) is 0 Å². The van der Waals surface area contributed by atoms with Crippen molar-refractivity contribution in [1.82, 2.24) is 10.2 Å². The topological polar surface area (TPSA) is 99.8 Å². The van der Waals surface area contributed by atoms with Gasteiger partial charge in [-0.1, -0.05) is 30.3 Å². The van der Waals surface area contributed by atoms with E-state index in [-0.39, 0.29) is 17.9 Å². The van der Waals surface area contributed by atoms with Crippen molar-refractivity contribution in [3.63, 3.8) is 0 Å². The van der Waals surface area contributed by atoms with Crippen molar-refractivity contribution in [1.29, 1.82) is 0 Å². The zero-order valence-electron chi connectivity index (χ0n) is 22.3. The summed E-state index contributed by atoms with van der Waals surface area (Å²) in [6.07, 6.45) is 2.05. The van der Waals surface area contributed by atoms with Crippen molar-refractivity contribution in [3.05, 3.63) is 94.5 Å². The number of methoxy groups -OCH3 is 1. The molecule has 0 radical (unpaired) electrons.